The maximum absolute atomic E-state index is 5.98. The van der Waals surface area contributed by atoms with Gasteiger partial charge in [-0.3, -0.25) is 4.90 Å². The number of benzene rings is 1. The van der Waals surface area contributed by atoms with E-state index >= 15 is 0 Å². The summed E-state index contributed by atoms with van der Waals surface area (Å²) in [6.45, 7) is 2.80. The molecule has 0 aliphatic rings. The smallest absolute Gasteiger partial charge is 0.161 e. The average molecular weight is 298 g/mol. The molecule has 0 heterocycles. The highest BCUT2D eigenvalue weighted by molar-refractivity contribution is 7.98. The van der Waals surface area contributed by atoms with Crippen molar-refractivity contribution in [2.45, 2.75) is 19.0 Å². The van der Waals surface area contributed by atoms with Crippen LogP contribution in [0, 0.1) is 0 Å². The lowest BCUT2D eigenvalue weighted by Gasteiger charge is -2.32. The molecule has 0 spiro atoms. The second-order valence-electron chi connectivity index (χ2n) is 4.84. The van der Waals surface area contributed by atoms with Crippen LogP contribution in [0.25, 0.3) is 0 Å². The minimum atomic E-state index is 0.178. The monoisotopic (exact) mass is 298 g/mol. The zero-order valence-corrected chi connectivity index (χ0v) is 13.9. The fourth-order valence-electron chi connectivity index (χ4n) is 2.26. The standard InChI is InChI=1S/C15H26N2O2S/c1-11(10-20-5)17(2)13(9-16)12-6-7-14(18-3)15(8-12)19-4/h6-8,11,13H,9-10,16H2,1-5H3. The Bertz CT molecular complexity index is 415. The number of hydrogen-bond donors (Lipinski definition) is 1. The molecule has 0 saturated carbocycles. The highest BCUT2D eigenvalue weighted by Gasteiger charge is 2.21. The summed E-state index contributed by atoms with van der Waals surface area (Å²) in [7, 11) is 5.42. The molecule has 5 heteroatoms. The first kappa shape index (κ1) is 17.1. The average Bonchev–Trinajstić information content (AvgIpc) is 2.47. The number of ether oxygens (including phenoxy) is 2. The van der Waals surface area contributed by atoms with E-state index in [1.54, 1.807) is 14.2 Å². The third-order valence-electron chi connectivity index (χ3n) is 3.61. The van der Waals surface area contributed by atoms with Crippen LogP contribution in [0.5, 0.6) is 11.5 Å². The summed E-state index contributed by atoms with van der Waals surface area (Å²) >= 11 is 1.85. The Hall–Kier alpha value is -0.910. The summed E-state index contributed by atoms with van der Waals surface area (Å²) in [6.07, 6.45) is 2.12. The Kier molecular flexibility index (Phi) is 7.19. The summed E-state index contributed by atoms with van der Waals surface area (Å²) < 4.78 is 10.6. The van der Waals surface area contributed by atoms with Crippen molar-refractivity contribution in [1.29, 1.82) is 0 Å². The molecule has 4 nitrogen and oxygen atoms in total. The fourth-order valence-corrected chi connectivity index (χ4v) is 2.98. The molecule has 0 fully saturated rings. The second kappa shape index (κ2) is 8.39. The topological polar surface area (TPSA) is 47.7 Å². The molecule has 114 valence electrons. The molecule has 0 bridgehead atoms. The van der Waals surface area contributed by atoms with Crippen LogP contribution in [0.3, 0.4) is 0 Å². The van der Waals surface area contributed by atoms with Crippen LogP contribution < -0.4 is 15.2 Å². The summed E-state index contributed by atoms with van der Waals surface area (Å²) in [6, 6.07) is 6.65. The van der Waals surface area contributed by atoms with Crippen LogP contribution in [0.2, 0.25) is 0 Å². The van der Waals surface area contributed by atoms with Gasteiger partial charge in [0.2, 0.25) is 0 Å². The number of thioether (sulfide) groups is 1. The van der Waals surface area contributed by atoms with E-state index in [0.717, 1.165) is 22.8 Å². The van der Waals surface area contributed by atoms with E-state index < -0.39 is 0 Å². The molecule has 0 aliphatic heterocycles. The van der Waals surface area contributed by atoms with Crippen molar-refractivity contribution in [2.75, 3.05) is 39.8 Å². The quantitative estimate of drug-likeness (QED) is 0.798. The first-order valence-corrected chi connectivity index (χ1v) is 8.11. The lowest BCUT2D eigenvalue weighted by molar-refractivity contribution is 0.203. The molecule has 0 amide bonds. The number of methoxy groups -OCH3 is 2. The minimum absolute atomic E-state index is 0.178. The molecule has 0 aromatic heterocycles. The molecule has 2 atom stereocenters. The van der Waals surface area contributed by atoms with Crippen LogP contribution in [-0.2, 0) is 0 Å². The highest BCUT2D eigenvalue weighted by Crippen LogP contribution is 2.31. The lowest BCUT2D eigenvalue weighted by atomic mass is 10.0. The molecular weight excluding hydrogens is 272 g/mol. The molecule has 0 radical (unpaired) electrons. The summed E-state index contributed by atoms with van der Waals surface area (Å²) in [5.41, 5.74) is 7.13. The van der Waals surface area contributed by atoms with Gasteiger partial charge in [0.1, 0.15) is 0 Å². The maximum Gasteiger partial charge on any atom is 0.161 e. The van der Waals surface area contributed by atoms with Crippen LogP contribution in [0.1, 0.15) is 18.5 Å². The zero-order chi connectivity index (χ0) is 15.1. The second-order valence-corrected chi connectivity index (χ2v) is 5.75. The van der Waals surface area contributed by atoms with E-state index in [2.05, 4.69) is 31.2 Å². The Balaban J connectivity index is 3.00. The van der Waals surface area contributed by atoms with E-state index in [0.29, 0.717) is 12.6 Å². The van der Waals surface area contributed by atoms with Gasteiger partial charge in [-0.25, -0.2) is 0 Å². The first-order valence-electron chi connectivity index (χ1n) is 6.71. The molecule has 1 aromatic carbocycles. The van der Waals surface area contributed by atoms with Crippen molar-refractivity contribution in [3.05, 3.63) is 23.8 Å². The first-order chi connectivity index (χ1) is 9.58. The molecule has 2 unspecified atom stereocenters. The molecule has 2 N–H and O–H groups in total. The Morgan fingerprint density at radius 2 is 1.90 bits per heavy atom. The number of hydrogen-bond acceptors (Lipinski definition) is 5. The summed E-state index contributed by atoms with van der Waals surface area (Å²) in [5.74, 6) is 2.57. The van der Waals surface area contributed by atoms with Crippen LogP contribution in [-0.4, -0.2) is 50.8 Å². The largest absolute Gasteiger partial charge is 0.493 e. The van der Waals surface area contributed by atoms with E-state index in [1.165, 1.54) is 0 Å². The minimum Gasteiger partial charge on any atom is -0.493 e. The SMILES string of the molecule is COc1ccc(C(CN)N(C)C(C)CSC)cc1OC. The molecule has 1 aromatic rings. The van der Waals surface area contributed by atoms with Gasteiger partial charge in [-0.2, -0.15) is 11.8 Å². The van der Waals surface area contributed by atoms with Crippen LogP contribution in [0.4, 0.5) is 0 Å². The normalized spacial score (nSPS) is 14.2. The maximum atomic E-state index is 5.98. The summed E-state index contributed by atoms with van der Waals surface area (Å²) in [4.78, 5) is 2.32. The van der Waals surface area contributed by atoms with Crippen molar-refractivity contribution >= 4 is 11.8 Å². The molecule has 0 aliphatic carbocycles. The molecule has 0 saturated heterocycles. The lowest BCUT2D eigenvalue weighted by Crippen LogP contribution is -2.38. The van der Waals surface area contributed by atoms with Gasteiger partial charge >= 0.3 is 0 Å². The molecule has 1 rings (SSSR count). The van der Waals surface area contributed by atoms with Crippen LogP contribution in [0.15, 0.2) is 18.2 Å². The van der Waals surface area contributed by atoms with Crippen molar-refractivity contribution in [3.63, 3.8) is 0 Å². The van der Waals surface area contributed by atoms with Crippen LogP contribution >= 0.6 is 11.8 Å². The fraction of sp³-hybridized carbons (Fsp3) is 0.600. The van der Waals surface area contributed by atoms with Crippen molar-refractivity contribution < 1.29 is 9.47 Å². The van der Waals surface area contributed by atoms with Gasteiger partial charge in [0.25, 0.3) is 0 Å². The van der Waals surface area contributed by atoms with Gasteiger partial charge in [0.05, 0.1) is 14.2 Å². The predicted octanol–water partition coefficient (Wildman–Crippen LogP) is 2.39. The number of nitrogens with zero attached hydrogens (tertiary/aromatic N) is 1. The number of rotatable bonds is 8. The van der Waals surface area contributed by atoms with E-state index in [-0.39, 0.29) is 6.04 Å². The Labute approximate surface area is 126 Å². The van der Waals surface area contributed by atoms with Gasteiger partial charge in [-0.05, 0) is 37.9 Å². The van der Waals surface area contributed by atoms with Gasteiger partial charge < -0.3 is 15.2 Å². The van der Waals surface area contributed by atoms with Crippen molar-refractivity contribution in [3.8, 4) is 11.5 Å². The number of nitrogens with two attached hydrogens (primary N) is 1. The molecule has 20 heavy (non-hydrogen) atoms. The predicted molar refractivity (Wildman–Crippen MR) is 86.9 cm³/mol. The third-order valence-corrected chi connectivity index (χ3v) is 4.43. The van der Waals surface area contributed by atoms with Crippen molar-refractivity contribution in [1.82, 2.24) is 4.90 Å². The van der Waals surface area contributed by atoms with Gasteiger partial charge in [-0.1, -0.05) is 6.07 Å². The molecular formula is C15H26N2O2S. The highest BCUT2D eigenvalue weighted by atomic mass is 32.2. The van der Waals surface area contributed by atoms with E-state index in [9.17, 15) is 0 Å². The van der Waals surface area contributed by atoms with E-state index in [4.69, 9.17) is 15.2 Å². The van der Waals surface area contributed by atoms with Gasteiger partial charge in [0, 0.05) is 24.4 Å². The third kappa shape index (κ3) is 4.04. The van der Waals surface area contributed by atoms with E-state index in [1.807, 2.05) is 23.9 Å². The van der Waals surface area contributed by atoms with Crippen molar-refractivity contribution in [2.24, 2.45) is 5.73 Å². The Morgan fingerprint density at radius 1 is 1.25 bits per heavy atom. The summed E-state index contributed by atoms with van der Waals surface area (Å²) in [5, 5.41) is 0. The number of likely N-dealkylation sites (N-methyl/N-ethyl adjacent to an activating group) is 1. The van der Waals surface area contributed by atoms with Gasteiger partial charge in [0.15, 0.2) is 11.5 Å². The zero-order valence-electron chi connectivity index (χ0n) is 13.1. The van der Waals surface area contributed by atoms with Gasteiger partial charge in [-0.15, -0.1) is 0 Å². The Morgan fingerprint density at radius 3 is 2.40 bits per heavy atom.